The minimum absolute atomic E-state index is 0.0601. The van der Waals surface area contributed by atoms with E-state index < -0.39 is 14.6 Å². The predicted octanol–water partition coefficient (Wildman–Crippen LogP) is -0.841. The van der Waals surface area contributed by atoms with Crippen LogP contribution in [0.5, 0.6) is 0 Å². The molecule has 0 spiro atoms. The van der Waals surface area contributed by atoms with Crippen LogP contribution in [0.15, 0.2) is 4.99 Å². The van der Waals surface area contributed by atoms with Crippen LogP contribution in [-0.2, 0) is 14.6 Å². The summed E-state index contributed by atoms with van der Waals surface area (Å²) in [7, 11) is 1.91. The summed E-state index contributed by atoms with van der Waals surface area (Å²) in [6.07, 6.45) is 0. The first-order valence-electron chi connectivity index (χ1n) is 6.49. The molecular weight excluding hydrogens is 280 g/mol. The fraction of sp³-hybridized carbons (Fsp3) is 0.833. The Balaban J connectivity index is 2.72. The Labute approximate surface area is 120 Å². The number of nitrogens with one attached hydrogen (secondary N) is 1. The summed E-state index contributed by atoms with van der Waals surface area (Å²) in [6.45, 7) is 4.33. The Morgan fingerprint density at radius 2 is 2.00 bits per heavy atom. The highest BCUT2D eigenvalue weighted by Gasteiger charge is 2.40. The van der Waals surface area contributed by atoms with Crippen molar-refractivity contribution < 1.29 is 13.2 Å². The van der Waals surface area contributed by atoms with E-state index in [2.05, 4.69) is 10.3 Å². The molecule has 1 amide bonds. The van der Waals surface area contributed by atoms with Gasteiger partial charge in [0.25, 0.3) is 0 Å². The van der Waals surface area contributed by atoms with Gasteiger partial charge in [-0.3, -0.25) is 9.79 Å². The number of aliphatic imine (C=N–C) groups is 1. The summed E-state index contributed by atoms with van der Waals surface area (Å²) in [6, 6.07) is 0. The van der Waals surface area contributed by atoms with Crippen LogP contribution in [0.1, 0.15) is 13.8 Å². The zero-order chi connectivity index (χ0) is 15.6. The summed E-state index contributed by atoms with van der Waals surface area (Å²) in [5.74, 6) is 0.598. The van der Waals surface area contributed by atoms with Crippen LogP contribution in [0.2, 0.25) is 0 Å². The van der Waals surface area contributed by atoms with Crippen molar-refractivity contribution in [2.45, 2.75) is 18.6 Å². The van der Waals surface area contributed by atoms with Gasteiger partial charge in [-0.05, 0) is 13.8 Å². The molecule has 1 rings (SSSR count). The third kappa shape index (κ3) is 3.62. The third-order valence-electron chi connectivity index (χ3n) is 3.45. The van der Waals surface area contributed by atoms with E-state index in [4.69, 9.17) is 0 Å². The fourth-order valence-electron chi connectivity index (χ4n) is 1.97. The maximum absolute atomic E-state index is 12.0. The summed E-state index contributed by atoms with van der Waals surface area (Å²) < 4.78 is 23.1. The highest BCUT2D eigenvalue weighted by atomic mass is 32.2. The van der Waals surface area contributed by atoms with E-state index in [1.54, 1.807) is 35.0 Å². The van der Waals surface area contributed by atoms with Gasteiger partial charge in [0.1, 0.15) is 0 Å². The molecule has 0 aliphatic carbocycles. The molecule has 0 aromatic rings. The molecule has 1 heterocycles. The normalized spacial score (nSPS) is 21.4. The Bertz CT molecular complexity index is 497. The molecule has 1 aliphatic heterocycles. The zero-order valence-corrected chi connectivity index (χ0v) is 13.6. The molecule has 1 saturated heterocycles. The minimum Gasteiger partial charge on any atom is -0.347 e. The lowest BCUT2D eigenvalue weighted by molar-refractivity contribution is -0.127. The smallest absolute Gasteiger partial charge is 0.241 e. The van der Waals surface area contributed by atoms with Crippen LogP contribution in [0.3, 0.4) is 0 Å². The Morgan fingerprint density at radius 3 is 2.45 bits per heavy atom. The lowest BCUT2D eigenvalue weighted by Gasteiger charge is -2.39. The zero-order valence-electron chi connectivity index (χ0n) is 12.8. The highest BCUT2D eigenvalue weighted by Crippen LogP contribution is 2.23. The van der Waals surface area contributed by atoms with E-state index in [1.807, 2.05) is 4.90 Å². The first-order valence-corrected chi connectivity index (χ1v) is 8.14. The minimum atomic E-state index is -3.08. The fourth-order valence-corrected chi connectivity index (χ4v) is 3.34. The van der Waals surface area contributed by atoms with Crippen molar-refractivity contribution in [3.63, 3.8) is 0 Å². The summed E-state index contributed by atoms with van der Waals surface area (Å²) >= 11 is 0. The number of hydrogen-bond donors (Lipinski definition) is 1. The second kappa shape index (κ2) is 5.99. The van der Waals surface area contributed by atoms with Crippen LogP contribution >= 0.6 is 0 Å². The lowest BCUT2D eigenvalue weighted by atomic mass is 10.2. The number of carbonyl (C=O) groups is 1. The van der Waals surface area contributed by atoms with E-state index >= 15 is 0 Å². The molecule has 1 fully saturated rings. The van der Waals surface area contributed by atoms with Crippen LogP contribution in [0.4, 0.5) is 0 Å². The van der Waals surface area contributed by atoms with Crippen LogP contribution in [0, 0.1) is 0 Å². The molecular formula is C12H24N4O3S. The van der Waals surface area contributed by atoms with Gasteiger partial charge in [-0.25, -0.2) is 8.42 Å². The van der Waals surface area contributed by atoms with E-state index in [0.29, 0.717) is 19.0 Å². The molecule has 1 N–H and O–H groups in total. The highest BCUT2D eigenvalue weighted by molar-refractivity contribution is 7.92. The van der Waals surface area contributed by atoms with Crippen molar-refractivity contribution in [1.82, 2.24) is 15.1 Å². The largest absolute Gasteiger partial charge is 0.347 e. The molecule has 0 bridgehead atoms. The van der Waals surface area contributed by atoms with Crippen molar-refractivity contribution in [2.24, 2.45) is 4.99 Å². The van der Waals surface area contributed by atoms with Crippen molar-refractivity contribution >= 4 is 21.7 Å². The second-order valence-corrected chi connectivity index (χ2v) is 8.43. The summed E-state index contributed by atoms with van der Waals surface area (Å²) in [4.78, 5) is 19.1. The molecule has 116 valence electrons. The average molecular weight is 304 g/mol. The van der Waals surface area contributed by atoms with Crippen molar-refractivity contribution in [1.29, 1.82) is 0 Å². The van der Waals surface area contributed by atoms with Crippen LogP contribution < -0.4 is 5.32 Å². The quantitative estimate of drug-likeness (QED) is 0.531. The van der Waals surface area contributed by atoms with Gasteiger partial charge in [-0.1, -0.05) is 0 Å². The molecule has 0 atom stereocenters. The van der Waals surface area contributed by atoms with Gasteiger partial charge < -0.3 is 15.1 Å². The molecule has 8 heteroatoms. The van der Waals surface area contributed by atoms with E-state index in [0.717, 1.165) is 0 Å². The van der Waals surface area contributed by atoms with Crippen molar-refractivity contribution in [3.05, 3.63) is 0 Å². The van der Waals surface area contributed by atoms with Crippen molar-refractivity contribution in [3.8, 4) is 0 Å². The SMILES string of the molecule is CN=C(NCC(=O)N(C)C)N1CCS(=O)(=O)C(C)(C)C1. The Kier molecular flexibility index (Phi) is 5.01. The van der Waals surface area contributed by atoms with E-state index in [-0.39, 0.29) is 18.2 Å². The van der Waals surface area contributed by atoms with Gasteiger partial charge in [0, 0.05) is 34.2 Å². The first kappa shape index (κ1) is 16.7. The first-order chi connectivity index (χ1) is 9.10. The number of guanidine groups is 1. The molecule has 0 saturated carbocycles. The Hall–Kier alpha value is -1.31. The maximum Gasteiger partial charge on any atom is 0.241 e. The molecule has 20 heavy (non-hydrogen) atoms. The second-order valence-electron chi connectivity index (χ2n) is 5.69. The van der Waals surface area contributed by atoms with Gasteiger partial charge in [-0.15, -0.1) is 0 Å². The molecule has 0 aromatic heterocycles. The third-order valence-corrected chi connectivity index (χ3v) is 5.98. The predicted molar refractivity (Wildman–Crippen MR) is 79.5 cm³/mol. The van der Waals surface area contributed by atoms with E-state index in [1.165, 1.54) is 4.90 Å². The number of amides is 1. The number of nitrogens with zero attached hydrogens (tertiary/aromatic N) is 3. The summed E-state index contributed by atoms with van der Waals surface area (Å²) in [5, 5.41) is 2.98. The Morgan fingerprint density at radius 1 is 1.40 bits per heavy atom. The summed E-state index contributed by atoms with van der Waals surface area (Å²) in [5.41, 5.74) is 0. The number of rotatable bonds is 2. The van der Waals surface area contributed by atoms with Gasteiger partial charge in [-0.2, -0.15) is 0 Å². The van der Waals surface area contributed by atoms with Gasteiger partial charge in [0.15, 0.2) is 15.8 Å². The molecule has 0 radical (unpaired) electrons. The van der Waals surface area contributed by atoms with Crippen molar-refractivity contribution in [2.75, 3.05) is 46.5 Å². The number of likely N-dealkylation sites (N-methyl/N-ethyl adjacent to an activating group) is 1. The topological polar surface area (TPSA) is 82.1 Å². The van der Waals surface area contributed by atoms with Crippen LogP contribution in [0.25, 0.3) is 0 Å². The molecule has 0 unspecified atom stereocenters. The van der Waals surface area contributed by atoms with E-state index in [9.17, 15) is 13.2 Å². The van der Waals surface area contributed by atoms with Gasteiger partial charge in [0.2, 0.25) is 5.91 Å². The van der Waals surface area contributed by atoms with Gasteiger partial charge >= 0.3 is 0 Å². The monoisotopic (exact) mass is 304 g/mol. The lowest BCUT2D eigenvalue weighted by Crippen LogP contribution is -2.57. The van der Waals surface area contributed by atoms with Crippen LogP contribution in [-0.4, -0.2) is 81.4 Å². The maximum atomic E-state index is 12.0. The molecule has 1 aliphatic rings. The average Bonchev–Trinajstić information content (AvgIpc) is 2.33. The molecule has 7 nitrogen and oxygen atoms in total. The number of sulfone groups is 1. The number of hydrogen-bond acceptors (Lipinski definition) is 4. The van der Waals surface area contributed by atoms with Gasteiger partial charge in [0.05, 0.1) is 17.0 Å². The number of carbonyl (C=O) groups excluding carboxylic acids is 1. The standard InChI is InChI=1S/C12H24N4O3S/c1-12(2)9-16(6-7-20(12,18)19)11(13-3)14-8-10(17)15(4)5/h6-9H2,1-5H3,(H,13,14). The molecule has 0 aromatic carbocycles.